The second kappa shape index (κ2) is 10.0. The van der Waals surface area contributed by atoms with Gasteiger partial charge < -0.3 is 9.47 Å². The van der Waals surface area contributed by atoms with Crippen LogP contribution in [0.4, 0.5) is 0 Å². The lowest BCUT2D eigenvalue weighted by Crippen LogP contribution is -2.22. The molecule has 3 aromatic carbocycles. The molecule has 0 fully saturated rings. The molecular formula is C25H27N3O2. The van der Waals surface area contributed by atoms with E-state index in [1.807, 2.05) is 77.5 Å². The van der Waals surface area contributed by atoms with Gasteiger partial charge in [-0.15, -0.1) is 5.10 Å². The van der Waals surface area contributed by atoms with E-state index in [1.165, 1.54) is 0 Å². The normalized spacial score (nSPS) is 13.2. The van der Waals surface area contributed by atoms with Gasteiger partial charge in [0.25, 0.3) is 0 Å². The molecular weight excluding hydrogens is 374 g/mol. The van der Waals surface area contributed by atoms with Gasteiger partial charge in [-0.1, -0.05) is 79.2 Å². The van der Waals surface area contributed by atoms with Crippen molar-refractivity contribution in [2.75, 3.05) is 6.61 Å². The molecule has 0 aliphatic rings. The summed E-state index contributed by atoms with van der Waals surface area (Å²) < 4.78 is 14.6. The Kier molecular flexibility index (Phi) is 6.72. The number of hydrogen-bond acceptors (Lipinski definition) is 4. The molecule has 0 saturated carbocycles. The second-order valence-electron chi connectivity index (χ2n) is 7.27. The van der Waals surface area contributed by atoms with Crippen LogP contribution in [-0.2, 0) is 4.74 Å². The Hall–Kier alpha value is -3.18. The first-order valence-corrected chi connectivity index (χ1v) is 10.5. The summed E-state index contributed by atoms with van der Waals surface area (Å²) in [6.07, 6.45) is 2.29. The van der Waals surface area contributed by atoms with Crippen LogP contribution in [0.5, 0.6) is 5.75 Å². The highest BCUT2D eigenvalue weighted by Gasteiger charge is 2.24. The minimum atomic E-state index is -0.355. The summed E-state index contributed by atoms with van der Waals surface area (Å²) >= 11 is 0. The molecule has 0 saturated heterocycles. The van der Waals surface area contributed by atoms with Gasteiger partial charge in [-0.05, 0) is 36.2 Å². The van der Waals surface area contributed by atoms with Crippen molar-refractivity contribution in [2.24, 2.45) is 0 Å². The molecule has 5 nitrogen and oxygen atoms in total. The Morgan fingerprint density at radius 1 is 0.867 bits per heavy atom. The second-order valence-corrected chi connectivity index (χ2v) is 7.27. The molecule has 154 valence electrons. The van der Waals surface area contributed by atoms with Crippen LogP contribution in [0.1, 0.15) is 44.1 Å². The van der Waals surface area contributed by atoms with E-state index in [4.69, 9.17) is 9.47 Å². The molecule has 2 atom stereocenters. The molecule has 4 aromatic rings. The molecule has 5 heteroatoms. The predicted molar refractivity (Wildman–Crippen MR) is 118 cm³/mol. The van der Waals surface area contributed by atoms with Gasteiger partial charge in [0, 0.05) is 13.0 Å². The van der Waals surface area contributed by atoms with E-state index in [2.05, 4.69) is 29.4 Å². The largest absolute Gasteiger partial charge is 0.468 e. The van der Waals surface area contributed by atoms with E-state index in [9.17, 15) is 0 Å². The fraction of sp³-hybridized carbons (Fsp3) is 0.280. The molecule has 4 rings (SSSR count). The van der Waals surface area contributed by atoms with Crippen molar-refractivity contribution >= 4 is 11.0 Å². The third kappa shape index (κ3) is 4.86. The van der Waals surface area contributed by atoms with E-state index < -0.39 is 0 Å². The SMILES string of the molecule is CCCCOC(CC(Oc1ccccc1)n1nnc2ccccc21)c1ccccc1. The highest BCUT2D eigenvalue weighted by molar-refractivity contribution is 5.73. The molecule has 0 bridgehead atoms. The molecule has 0 amide bonds. The third-order valence-electron chi connectivity index (χ3n) is 5.07. The Labute approximate surface area is 177 Å². The van der Waals surface area contributed by atoms with Gasteiger partial charge in [0.05, 0.1) is 11.6 Å². The summed E-state index contributed by atoms with van der Waals surface area (Å²) in [4.78, 5) is 0. The van der Waals surface area contributed by atoms with Crippen molar-refractivity contribution in [1.29, 1.82) is 0 Å². The number of para-hydroxylation sites is 2. The fourth-order valence-corrected chi connectivity index (χ4v) is 3.47. The number of benzene rings is 3. The van der Waals surface area contributed by atoms with Gasteiger partial charge in [-0.3, -0.25) is 0 Å². The standard InChI is InChI=1S/C25H27N3O2/c1-2-3-18-29-24(20-12-6-4-7-13-20)19-25(30-21-14-8-5-9-15-21)28-23-17-11-10-16-22(23)26-27-28/h4-17,24-25H,2-3,18-19H2,1H3. The zero-order chi connectivity index (χ0) is 20.6. The molecule has 0 aliphatic heterocycles. The maximum absolute atomic E-state index is 6.41. The van der Waals surface area contributed by atoms with Crippen molar-refractivity contribution in [2.45, 2.75) is 38.5 Å². The fourth-order valence-electron chi connectivity index (χ4n) is 3.47. The lowest BCUT2D eigenvalue weighted by molar-refractivity contribution is -0.00491. The van der Waals surface area contributed by atoms with Crippen molar-refractivity contribution in [3.05, 3.63) is 90.5 Å². The number of unbranched alkanes of at least 4 members (excludes halogenated alkanes) is 1. The van der Waals surface area contributed by atoms with Gasteiger partial charge in [0.15, 0.2) is 6.23 Å². The average Bonchev–Trinajstić information content (AvgIpc) is 3.23. The van der Waals surface area contributed by atoms with E-state index in [0.717, 1.165) is 35.2 Å². The van der Waals surface area contributed by atoms with Crippen LogP contribution >= 0.6 is 0 Å². The van der Waals surface area contributed by atoms with Crippen LogP contribution in [-0.4, -0.2) is 21.6 Å². The maximum Gasteiger partial charge on any atom is 0.196 e. The molecule has 0 N–H and O–H groups in total. The zero-order valence-corrected chi connectivity index (χ0v) is 17.2. The number of rotatable bonds is 10. The third-order valence-corrected chi connectivity index (χ3v) is 5.07. The van der Waals surface area contributed by atoms with Crippen molar-refractivity contribution < 1.29 is 9.47 Å². The predicted octanol–water partition coefficient (Wildman–Crippen LogP) is 5.96. The van der Waals surface area contributed by atoms with Gasteiger partial charge >= 0.3 is 0 Å². The Morgan fingerprint density at radius 2 is 1.57 bits per heavy atom. The highest BCUT2D eigenvalue weighted by atomic mass is 16.5. The molecule has 1 aromatic heterocycles. The number of fused-ring (bicyclic) bond motifs is 1. The van der Waals surface area contributed by atoms with Crippen molar-refractivity contribution in [1.82, 2.24) is 15.0 Å². The zero-order valence-electron chi connectivity index (χ0n) is 17.2. The minimum absolute atomic E-state index is 0.102. The van der Waals surface area contributed by atoms with Crippen LogP contribution in [0.15, 0.2) is 84.9 Å². The Balaban J connectivity index is 1.66. The summed E-state index contributed by atoms with van der Waals surface area (Å²) in [6.45, 7) is 2.88. The molecule has 0 aliphatic carbocycles. The van der Waals surface area contributed by atoms with E-state index in [-0.39, 0.29) is 12.3 Å². The smallest absolute Gasteiger partial charge is 0.196 e. The van der Waals surface area contributed by atoms with Crippen LogP contribution in [0.3, 0.4) is 0 Å². The first-order valence-electron chi connectivity index (χ1n) is 10.5. The Morgan fingerprint density at radius 3 is 2.33 bits per heavy atom. The lowest BCUT2D eigenvalue weighted by Gasteiger charge is -2.25. The maximum atomic E-state index is 6.41. The number of hydrogen-bond donors (Lipinski definition) is 0. The van der Waals surface area contributed by atoms with Crippen LogP contribution in [0, 0.1) is 0 Å². The number of ether oxygens (including phenoxy) is 2. The van der Waals surface area contributed by atoms with E-state index >= 15 is 0 Å². The Bertz CT molecular complexity index is 1030. The summed E-state index contributed by atoms with van der Waals surface area (Å²) in [6, 6.07) is 28.1. The highest BCUT2D eigenvalue weighted by Crippen LogP contribution is 2.31. The van der Waals surface area contributed by atoms with Crippen molar-refractivity contribution in [3.8, 4) is 5.75 Å². The quantitative estimate of drug-likeness (QED) is 0.308. The first-order chi connectivity index (χ1) is 14.8. The van der Waals surface area contributed by atoms with Crippen LogP contribution in [0.2, 0.25) is 0 Å². The van der Waals surface area contributed by atoms with Crippen LogP contribution < -0.4 is 4.74 Å². The monoisotopic (exact) mass is 401 g/mol. The molecule has 2 unspecified atom stereocenters. The lowest BCUT2D eigenvalue weighted by atomic mass is 10.1. The molecule has 1 heterocycles. The van der Waals surface area contributed by atoms with Gasteiger partial charge in [0.2, 0.25) is 0 Å². The minimum Gasteiger partial charge on any atom is -0.468 e. The summed E-state index contributed by atoms with van der Waals surface area (Å²) in [5.41, 5.74) is 2.93. The van der Waals surface area contributed by atoms with Gasteiger partial charge in [-0.25, -0.2) is 4.68 Å². The first kappa shape index (κ1) is 20.1. The summed E-state index contributed by atoms with van der Waals surface area (Å²) in [5.74, 6) is 0.794. The van der Waals surface area contributed by atoms with E-state index in [1.54, 1.807) is 0 Å². The van der Waals surface area contributed by atoms with Gasteiger partial charge in [0.1, 0.15) is 11.3 Å². The number of aromatic nitrogens is 3. The summed E-state index contributed by atoms with van der Waals surface area (Å²) in [7, 11) is 0. The number of nitrogens with zero attached hydrogens (tertiary/aromatic N) is 3. The summed E-state index contributed by atoms with van der Waals surface area (Å²) in [5, 5.41) is 8.75. The topological polar surface area (TPSA) is 49.2 Å². The average molecular weight is 402 g/mol. The van der Waals surface area contributed by atoms with Crippen LogP contribution in [0.25, 0.3) is 11.0 Å². The van der Waals surface area contributed by atoms with Crippen molar-refractivity contribution in [3.63, 3.8) is 0 Å². The molecule has 0 radical (unpaired) electrons. The molecule has 0 spiro atoms. The van der Waals surface area contributed by atoms with Gasteiger partial charge in [-0.2, -0.15) is 0 Å². The van der Waals surface area contributed by atoms with E-state index in [0.29, 0.717) is 13.0 Å². The molecule has 30 heavy (non-hydrogen) atoms.